The van der Waals surface area contributed by atoms with Gasteiger partial charge in [-0.1, -0.05) is 0 Å². The third-order valence-electron chi connectivity index (χ3n) is 3.13. The number of hydrogen-bond donors (Lipinski definition) is 2. The summed E-state index contributed by atoms with van der Waals surface area (Å²) in [6.07, 6.45) is 2.99. The van der Waals surface area contributed by atoms with E-state index in [2.05, 4.69) is 15.3 Å². The number of alkyl carbamates (subject to hydrolysis) is 1. The third kappa shape index (κ3) is 2.76. The lowest BCUT2D eigenvalue weighted by molar-refractivity contribution is -0.144. The minimum atomic E-state index is -1.07. The lowest BCUT2D eigenvalue weighted by Gasteiger charge is -2.23. The maximum absolute atomic E-state index is 12.0. The van der Waals surface area contributed by atoms with Gasteiger partial charge in [0, 0.05) is 17.8 Å². The van der Waals surface area contributed by atoms with Gasteiger partial charge in [-0.25, -0.2) is 14.6 Å². The number of esters is 1. The number of nitrogens with one attached hydrogen (secondary N) is 2. The third-order valence-corrected chi connectivity index (χ3v) is 3.13. The van der Waals surface area contributed by atoms with Crippen molar-refractivity contribution in [3.05, 3.63) is 18.2 Å². The van der Waals surface area contributed by atoms with E-state index in [4.69, 9.17) is 9.47 Å². The Morgan fingerprint density at radius 3 is 2.70 bits per heavy atom. The number of methoxy groups -OCH3 is 1. The fraction of sp³-hybridized carbons (Fsp3) is 0.615. The van der Waals surface area contributed by atoms with Gasteiger partial charge in [-0.3, -0.25) is 0 Å². The Balaban J connectivity index is 2.11. The number of ether oxygens (including phenoxy) is 2. The molecular weight excluding hydrogens is 262 g/mol. The van der Waals surface area contributed by atoms with Crippen molar-refractivity contribution in [3.8, 4) is 0 Å². The number of nitrogens with zero attached hydrogens (tertiary/aromatic N) is 1. The van der Waals surface area contributed by atoms with Gasteiger partial charge in [0.15, 0.2) is 0 Å². The molecule has 0 aliphatic heterocycles. The van der Waals surface area contributed by atoms with Crippen LogP contribution in [0.5, 0.6) is 0 Å². The second kappa shape index (κ2) is 4.81. The predicted molar refractivity (Wildman–Crippen MR) is 70.1 cm³/mol. The highest BCUT2D eigenvalue weighted by molar-refractivity contribution is 5.91. The molecule has 2 N–H and O–H groups in total. The monoisotopic (exact) mass is 281 g/mol. The normalized spacial score (nSPS) is 24.9. The van der Waals surface area contributed by atoms with Crippen molar-refractivity contribution in [1.82, 2.24) is 15.3 Å². The largest absolute Gasteiger partial charge is 0.467 e. The van der Waals surface area contributed by atoms with Crippen molar-refractivity contribution in [2.45, 2.75) is 44.2 Å². The predicted octanol–water partition coefficient (Wildman–Crippen LogP) is 1.33. The maximum atomic E-state index is 12.0. The first-order chi connectivity index (χ1) is 9.28. The summed E-state index contributed by atoms with van der Waals surface area (Å²) < 4.78 is 9.98. The van der Waals surface area contributed by atoms with Crippen molar-refractivity contribution in [2.24, 2.45) is 0 Å². The standard InChI is InChI=1S/C13H19N3O4/c1-12(2,3)20-11(18)16-13(10(17)19-4)5-8(13)9-6-14-7-15-9/h6-8H,5H2,1-4H3,(H,14,15)(H,16,18)/t8-,13+/m1/s1. The summed E-state index contributed by atoms with van der Waals surface area (Å²) in [4.78, 5) is 30.7. The average Bonchev–Trinajstić information content (AvgIpc) is 2.82. The number of aromatic nitrogens is 2. The Bertz CT molecular complexity index is 506. The second-order valence-corrected chi connectivity index (χ2v) is 5.85. The van der Waals surface area contributed by atoms with Gasteiger partial charge in [-0.15, -0.1) is 0 Å². The molecule has 7 heteroatoms. The van der Waals surface area contributed by atoms with E-state index in [9.17, 15) is 9.59 Å². The summed E-state index contributed by atoms with van der Waals surface area (Å²) in [5.41, 5.74) is -0.907. The topological polar surface area (TPSA) is 93.3 Å². The molecule has 0 saturated heterocycles. The van der Waals surface area contributed by atoms with Gasteiger partial charge in [-0.2, -0.15) is 0 Å². The fourth-order valence-corrected chi connectivity index (χ4v) is 2.18. The summed E-state index contributed by atoms with van der Waals surface area (Å²) in [5.74, 6) is -0.659. The maximum Gasteiger partial charge on any atom is 0.408 e. The van der Waals surface area contributed by atoms with Gasteiger partial charge in [0.25, 0.3) is 0 Å². The number of imidazole rings is 1. The highest BCUT2D eigenvalue weighted by atomic mass is 16.6. The van der Waals surface area contributed by atoms with Crippen molar-refractivity contribution in [1.29, 1.82) is 0 Å². The first-order valence-electron chi connectivity index (χ1n) is 6.36. The average molecular weight is 281 g/mol. The molecule has 1 saturated carbocycles. The fourth-order valence-electron chi connectivity index (χ4n) is 2.18. The van der Waals surface area contributed by atoms with Gasteiger partial charge < -0.3 is 19.8 Å². The molecule has 0 spiro atoms. The van der Waals surface area contributed by atoms with Gasteiger partial charge in [0.2, 0.25) is 0 Å². The highest BCUT2D eigenvalue weighted by Gasteiger charge is 2.64. The van der Waals surface area contributed by atoms with E-state index in [1.807, 2.05) is 0 Å². The van der Waals surface area contributed by atoms with Crippen LogP contribution in [0.25, 0.3) is 0 Å². The van der Waals surface area contributed by atoms with Crippen LogP contribution < -0.4 is 5.32 Å². The van der Waals surface area contributed by atoms with Gasteiger partial charge >= 0.3 is 12.1 Å². The summed E-state index contributed by atoms with van der Waals surface area (Å²) in [5, 5.41) is 2.63. The lowest BCUT2D eigenvalue weighted by Crippen LogP contribution is -2.47. The minimum Gasteiger partial charge on any atom is -0.467 e. The van der Waals surface area contributed by atoms with Crippen LogP contribution in [0, 0.1) is 0 Å². The zero-order valence-corrected chi connectivity index (χ0v) is 12.0. The smallest absolute Gasteiger partial charge is 0.408 e. The first kappa shape index (κ1) is 14.4. The van der Waals surface area contributed by atoms with E-state index in [0.29, 0.717) is 6.42 Å². The summed E-state index contributed by atoms with van der Waals surface area (Å²) in [6, 6.07) is 0. The number of amides is 1. The molecule has 1 aromatic rings. The number of H-pyrrole nitrogens is 1. The second-order valence-electron chi connectivity index (χ2n) is 5.85. The molecule has 1 amide bonds. The molecule has 0 unspecified atom stereocenters. The van der Waals surface area contributed by atoms with E-state index < -0.39 is 23.2 Å². The Morgan fingerprint density at radius 1 is 1.50 bits per heavy atom. The molecule has 0 bridgehead atoms. The minimum absolute atomic E-state index is 0.176. The van der Waals surface area contributed by atoms with Gasteiger partial charge in [0.05, 0.1) is 13.4 Å². The molecule has 2 atom stereocenters. The molecule has 2 rings (SSSR count). The van der Waals surface area contributed by atoms with Crippen LogP contribution >= 0.6 is 0 Å². The van der Waals surface area contributed by atoms with Crippen molar-refractivity contribution < 1.29 is 19.1 Å². The number of rotatable bonds is 3. The van der Waals surface area contributed by atoms with Crippen LogP contribution in [0.1, 0.15) is 38.8 Å². The molecule has 20 heavy (non-hydrogen) atoms. The zero-order chi connectivity index (χ0) is 15.0. The molecule has 1 aliphatic rings. The van der Waals surface area contributed by atoms with Crippen LogP contribution in [0.4, 0.5) is 4.79 Å². The van der Waals surface area contributed by atoms with Crippen LogP contribution in [0.3, 0.4) is 0 Å². The number of hydrogen-bond acceptors (Lipinski definition) is 5. The van der Waals surface area contributed by atoms with Crippen LogP contribution in [0.15, 0.2) is 12.5 Å². The first-order valence-corrected chi connectivity index (χ1v) is 6.36. The Hall–Kier alpha value is -2.05. The van der Waals surface area contributed by atoms with Crippen LogP contribution in [-0.2, 0) is 14.3 Å². The molecular formula is C13H19N3O4. The number of carbonyl (C=O) groups is 2. The zero-order valence-electron chi connectivity index (χ0n) is 12.0. The summed E-state index contributed by atoms with van der Waals surface area (Å²) in [7, 11) is 1.29. The Kier molecular flexibility index (Phi) is 3.45. The van der Waals surface area contributed by atoms with Gasteiger partial charge in [-0.05, 0) is 27.2 Å². The van der Waals surface area contributed by atoms with E-state index in [1.165, 1.54) is 13.4 Å². The van der Waals surface area contributed by atoms with Crippen LogP contribution in [-0.4, -0.2) is 40.3 Å². The van der Waals surface area contributed by atoms with E-state index in [-0.39, 0.29) is 5.92 Å². The quantitative estimate of drug-likeness (QED) is 0.815. The number of carbonyl (C=O) groups excluding carboxylic acids is 2. The molecule has 1 aromatic heterocycles. The highest BCUT2D eigenvalue weighted by Crippen LogP contribution is 2.51. The molecule has 0 radical (unpaired) electrons. The van der Waals surface area contributed by atoms with Crippen LogP contribution in [0.2, 0.25) is 0 Å². The summed E-state index contributed by atoms with van der Waals surface area (Å²) >= 11 is 0. The van der Waals surface area contributed by atoms with E-state index in [0.717, 1.165) is 5.69 Å². The summed E-state index contributed by atoms with van der Waals surface area (Å²) in [6.45, 7) is 5.28. The van der Waals surface area contributed by atoms with Crippen molar-refractivity contribution in [3.63, 3.8) is 0 Å². The Morgan fingerprint density at radius 2 is 2.20 bits per heavy atom. The molecule has 1 heterocycles. The molecule has 110 valence electrons. The van der Waals surface area contributed by atoms with E-state index in [1.54, 1.807) is 27.0 Å². The molecule has 1 aliphatic carbocycles. The molecule has 0 aromatic carbocycles. The molecule has 1 fully saturated rings. The lowest BCUT2D eigenvalue weighted by atomic mass is 10.1. The SMILES string of the molecule is COC(=O)[C@]1(NC(=O)OC(C)(C)C)C[C@@H]1c1cnc[nH]1. The number of aromatic amines is 1. The van der Waals surface area contributed by atoms with E-state index >= 15 is 0 Å². The Labute approximate surface area is 117 Å². The van der Waals surface area contributed by atoms with Crippen molar-refractivity contribution in [2.75, 3.05) is 7.11 Å². The molecule has 7 nitrogen and oxygen atoms in total. The van der Waals surface area contributed by atoms with Gasteiger partial charge in [0.1, 0.15) is 11.1 Å². The van der Waals surface area contributed by atoms with Crippen molar-refractivity contribution >= 4 is 12.1 Å².